The fourth-order valence-electron chi connectivity index (χ4n) is 0.977. The summed E-state index contributed by atoms with van der Waals surface area (Å²) in [5.41, 5.74) is -0.394. The first-order valence-electron chi connectivity index (χ1n) is 3.45. The fraction of sp³-hybridized carbons (Fsp3) is 0.143. The van der Waals surface area contributed by atoms with Gasteiger partial charge in [-0.2, -0.15) is 4.98 Å². The molecule has 64 valence electrons. The van der Waals surface area contributed by atoms with E-state index >= 15 is 0 Å². The molecule has 6 heteroatoms. The normalized spacial score (nSPS) is 10.2. The number of aryl methyl sites for hydroxylation is 1. The van der Waals surface area contributed by atoms with E-state index in [1.807, 2.05) is 0 Å². The maximum atomic E-state index is 11.0. The number of nitrogens with zero attached hydrogens (tertiary/aromatic N) is 4. The molecule has 0 bridgehead atoms. The smallest absolute Gasteiger partial charge is 0.294 e. The SMILES string of the molecule is [C-]#[N+]c1cc(=O)nc2sc(C)nn12. The highest BCUT2D eigenvalue weighted by Crippen LogP contribution is 2.15. The zero-order valence-electron chi connectivity index (χ0n) is 6.68. The average Bonchev–Trinajstić information content (AvgIpc) is 2.43. The Bertz CT molecular complexity index is 562. The molecule has 2 aromatic heterocycles. The molecule has 5 nitrogen and oxygen atoms in total. The van der Waals surface area contributed by atoms with Crippen LogP contribution in [0.25, 0.3) is 9.81 Å². The summed E-state index contributed by atoms with van der Waals surface area (Å²) in [6.45, 7) is 8.64. The van der Waals surface area contributed by atoms with Crippen molar-refractivity contribution in [3.63, 3.8) is 0 Å². The topological polar surface area (TPSA) is 51.6 Å². The molecule has 0 radical (unpaired) electrons. The Morgan fingerprint density at radius 3 is 3.15 bits per heavy atom. The van der Waals surface area contributed by atoms with Gasteiger partial charge >= 0.3 is 0 Å². The lowest BCUT2D eigenvalue weighted by atomic mass is 10.6. The van der Waals surface area contributed by atoms with Crippen LogP contribution in [0.15, 0.2) is 10.9 Å². The third-order valence-corrected chi connectivity index (χ3v) is 2.27. The Hall–Kier alpha value is -1.74. The van der Waals surface area contributed by atoms with E-state index in [2.05, 4.69) is 14.9 Å². The Labute approximate surface area is 77.1 Å². The van der Waals surface area contributed by atoms with Crippen LogP contribution >= 0.6 is 11.3 Å². The van der Waals surface area contributed by atoms with Crippen LogP contribution in [0.5, 0.6) is 0 Å². The summed E-state index contributed by atoms with van der Waals surface area (Å²) in [7, 11) is 0. The van der Waals surface area contributed by atoms with Gasteiger partial charge in [0, 0.05) is 6.07 Å². The second-order valence-corrected chi connectivity index (χ2v) is 3.54. The summed E-state index contributed by atoms with van der Waals surface area (Å²) in [6.07, 6.45) is 0. The van der Waals surface area contributed by atoms with E-state index < -0.39 is 5.56 Å². The lowest BCUT2D eigenvalue weighted by molar-refractivity contribution is 0.927. The number of aromatic nitrogens is 3. The molecule has 0 saturated heterocycles. The monoisotopic (exact) mass is 192 g/mol. The summed E-state index contributed by atoms with van der Waals surface area (Å²) in [5.74, 6) is 0.208. The van der Waals surface area contributed by atoms with Gasteiger partial charge in [0.05, 0.1) is 0 Å². The zero-order chi connectivity index (χ0) is 9.42. The van der Waals surface area contributed by atoms with E-state index in [9.17, 15) is 4.79 Å². The van der Waals surface area contributed by atoms with Gasteiger partial charge in [0.2, 0.25) is 0 Å². The van der Waals surface area contributed by atoms with Crippen molar-refractivity contribution >= 4 is 22.1 Å². The minimum atomic E-state index is -0.394. The summed E-state index contributed by atoms with van der Waals surface area (Å²) in [6, 6.07) is 1.18. The van der Waals surface area contributed by atoms with Crippen LogP contribution in [-0.2, 0) is 0 Å². The van der Waals surface area contributed by atoms with Crippen molar-refractivity contribution in [2.75, 3.05) is 0 Å². The van der Waals surface area contributed by atoms with Crippen molar-refractivity contribution in [2.24, 2.45) is 0 Å². The lowest BCUT2D eigenvalue weighted by Gasteiger charge is -1.89. The van der Waals surface area contributed by atoms with Crippen molar-refractivity contribution in [3.05, 3.63) is 32.8 Å². The van der Waals surface area contributed by atoms with Gasteiger partial charge < -0.3 is 4.85 Å². The van der Waals surface area contributed by atoms with Crippen LogP contribution < -0.4 is 5.56 Å². The van der Waals surface area contributed by atoms with Gasteiger partial charge in [-0.25, -0.2) is 0 Å². The van der Waals surface area contributed by atoms with Crippen molar-refractivity contribution < 1.29 is 0 Å². The van der Waals surface area contributed by atoms with Crippen molar-refractivity contribution in [3.8, 4) is 0 Å². The van der Waals surface area contributed by atoms with Crippen LogP contribution in [0.2, 0.25) is 0 Å². The van der Waals surface area contributed by atoms with E-state index in [1.165, 1.54) is 21.9 Å². The fourth-order valence-corrected chi connectivity index (χ4v) is 1.72. The standard InChI is InChI=1S/C7H4N4OS/c1-4-10-11-5(8-2)3-6(12)9-7(11)13-4/h3H,1H3. The number of hydrogen-bond acceptors (Lipinski definition) is 4. The van der Waals surface area contributed by atoms with Crippen LogP contribution in [0, 0.1) is 13.5 Å². The second-order valence-electron chi connectivity index (χ2n) is 2.38. The van der Waals surface area contributed by atoms with Crippen LogP contribution in [0.1, 0.15) is 5.01 Å². The number of rotatable bonds is 0. The van der Waals surface area contributed by atoms with E-state index in [0.717, 1.165) is 5.01 Å². The molecule has 2 rings (SSSR count). The molecule has 0 aliphatic rings. The van der Waals surface area contributed by atoms with Gasteiger partial charge in [-0.3, -0.25) is 4.79 Å². The van der Waals surface area contributed by atoms with Gasteiger partial charge in [-0.15, -0.1) is 4.52 Å². The molecule has 0 aliphatic carbocycles. The Morgan fingerprint density at radius 1 is 1.69 bits per heavy atom. The highest BCUT2D eigenvalue weighted by molar-refractivity contribution is 7.16. The van der Waals surface area contributed by atoms with Gasteiger partial charge in [0.1, 0.15) is 5.01 Å². The molecule has 0 aliphatic heterocycles. The Morgan fingerprint density at radius 2 is 2.46 bits per heavy atom. The largest absolute Gasteiger partial charge is 0.362 e. The quantitative estimate of drug-likeness (QED) is 0.585. The molecule has 0 unspecified atom stereocenters. The molecular weight excluding hydrogens is 188 g/mol. The van der Waals surface area contributed by atoms with Crippen molar-refractivity contribution in [1.29, 1.82) is 0 Å². The van der Waals surface area contributed by atoms with E-state index in [-0.39, 0.29) is 5.82 Å². The molecule has 0 aromatic carbocycles. The maximum Gasteiger partial charge on any atom is 0.294 e. The van der Waals surface area contributed by atoms with Gasteiger partial charge in [-0.05, 0) is 6.92 Å². The second kappa shape index (κ2) is 2.64. The molecule has 0 saturated carbocycles. The maximum absolute atomic E-state index is 11.0. The molecule has 0 fully saturated rings. The third-order valence-electron chi connectivity index (χ3n) is 1.45. The van der Waals surface area contributed by atoms with Gasteiger partial charge in [-0.1, -0.05) is 23.0 Å². The molecule has 0 N–H and O–H groups in total. The summed E-state index contributed by atoms with van der Waals surface area (Å²) in [5, 5.41) is 4.83. The predicted octanol–water partition coefficient (Wildman–Crippen LogP) is 1.01. The van der Waals surface area contributed by atoms with Crippen molar-refractivity contribution in [1.82, 2.24) is 14.6 Å². The first kappa shape index (κ1) is 7.89. The number of fused-ring (bicyclic) bond motifs is 1. The van der Waals surface area contributed by atoms with Gasteiger partial charge in [0.25, 0.3) is 16.3 Å². The first-order chi connectivity index (χ1) is 6.20. The van der Waals surface area contributed by atoms with Crippen LogP contribution in [-0.4, -0.2) is 14.6 Å². The molecule has 13 heavy (non-hydrogen) atoms. The molecule has 0 amide bonds. The lowest BCUT2D eigenvalue weighted by Crippen LogP contribution is -2.05. The Balaban J connectivity index is 2.98. The summed E-state index contributed by atoms with van der Waals surface area (Å²) >= 11 is 1.29. The highest BCUT2D eigenvalue weighted by atomic mass is 32.1. The summed E-state index contributed by atoms with van der Waals surface area (Å²) < 4.78 is 1.38. The minimum absolute atomic E-state index is 0.208. The van der Waals surface area contributed by atoms with E-state index in [0.29, 0.717) is 4.96 Å². The number of hydrogen-bond donors (Lipinski definition) is 0. The molecule has 2 heterocycles. The van der Waals surface area contributed by atoms with Crippen molar-refractivity contribution in [2.45, 2.75) is 6.92 Å². The molecule has 0 spiro atoms. The van der Waals surface area contributed by atoms with Gasteiger partial charge in [0.15, 0.2) is 0 Å². The molecule has 2 aromatic rings. The average molecular weight is 192 g/mol. The third kappa shape index (κ3) is 1.19. The van der Waals surface area contributed by atoms with E-state index in [1.54, 1.807) is 6.92 Å². The first-order valence-corrected chi connectivity index (χ1v) is 4.27. The summed E-state index contributed by atoms with van der Waals surface area (Å²) in [4.78, 5) is 18.4. The highest BCUT2D eigenvalue weighted by Gasteiger charge is 2.08. The van der Waals surface area contributed by atoms with E-state index in [4.69, 9.17) is 6.57 Å². The zero-order valence-corrected chi connectivity index (χ0v) is 7.50. The molecule has 0 atom stereocenters. The predicted molar refractivity (Wildman–Crippen MR) is 48.1 cm³/mol. The molecular formula is C7H4N4OS. The van der Waals surface area contributed by atoms with Crippen LogP contribution in [0.4, 0.5) is 5.82 Å². The van der Waals surface area contributed by atoms with Crippen LogP contribution in [0.3, 0.4) is 0 Å². The Kier molecular flexibility index (Phi) is 1.60. The minimum Gasteiger partial charge on any atom is -0.362 e.